The molecule has 1 heterocycles. The number of hydrogen-bond acceptors (Lipinski definition) is 4. The number of hydrogen-bond donors (Lipinski definition) is 1. The minimum atomic E-state index is -0.994. The molecule has 0 amide bonds. The average Bonchev–Trinajstić information content (AvgIpc) is 2.15. The van der Waals surface area contributed by atoms with Crippen LogP contribution in [-0.2, 0) is 16.6 Å². The van der Waals surface area contributed by atoms with Crippen LogP contribution in [0.25, 0.3) is 0 Å². The van der Waals surface area contributed by atoms with E-state index >= 15 is 0 Å². The Morgan fingerprint density at radius 2 is 2.19 bits per heavy atom. The molecule has 0 aromatic carbocycles. The third-order valence-electron chi connectivity index (χ3n) is 1.83. The van der Waals surface area contributed by atoms with Gasteiger partial charge in [0.25, 0.3) is 0 Å². The van der Waals surface area contributed by atoms with Crippen molar-refractivity contribution in [1.82, 2.24) is 4.98 Å². The van der Waals surface area contributed by atoms with Crippen molar-refractivity contribution in [2.24, 2.45) is 5.73 Å². The van der Waals surface area contributed by atoms with E-state index in [4.69, 9.17) is 10.5 Å². The summed E-state index contributed by atoms with van der Waals surface area (Å²) < 4.78 is 16.8. The van der Waals surface area contributed by atoms with Gasteiger partial charge in [0.15, 0.2) is 0 Å². The Kier molecular flexibility index (Phi) is 4.44. The van der Waals surface area contributed by atoms with E-state index in [1.807, 2.05) is 26.0 Å². The summed E-state index contributed by atoms with van der Waals surface area (Å²) in [5.41, 5.74) is 6.16. The first-order chi connectivity index (χ1) is 7.40. The van der Waals surface area contributed by atoms with Crippen LogP contribution >= 0.6 is 0 Å². The normalized spacial score (nSPS) is 13.5. The lowest BCUT2D eigenvalue weighted by Crippen LogP contribution is -2.38. The Labute approximate surface area is 98.7 Å². The van der Waals surface area contributed by atoms with Gasteiger partial charge in [0.05, 0.1) is 18.6 Å². The summed E-state index contributed by atoms with van der Waals surface area (Å²) in [6.45, 7) is 3.73. The van der Waals surface area contributed by atoms with Gasteiger partial charge in [-0.15, -0.1) is 0 Å². The molecule has 0 fully saturated rings. The molecule has 1 rings (SSSR count). The number of nitrogens with two attached hydrogens (primary N) is 1. The second-order valence-corrected chi connectivity index (χ2v) is 5.85. The maximum absolute atomic E-state index is 11.8. The Morgan fingerprint density at radius 3 is 2.75 bits per heavy atom. The summed E-state index contributed by atoms with van der Waals surface area (Å²) in [7, 11) is 0.568. The summed E-state index contributed by atoms with van der Waals surface area (Å²) in [5, 5.41) is 0. The van der Waals surface area contributed by atoms with Crippen molar-refractivity contribution in [3.8, 4) is 5.88 Å². The number of pyridine rings is 1. The van der Waals surface area contributed by atoms with Crippen LogP contribution in [0.3, 0.4) is 0 Å². The second-order valence-electron chi connectivity index (χ2n) is 4.39. The van der Waals surface area contributed by atoms with E-state index in [1.165, 1.54) is 0 Å². The van der Waals surface area contributed by atoms with Crippen molar-refractivity contribution in [2.45, 2.75) is 25.1 Å². The number of nitrogens with zero attached hydrogens (tertiary/aromatic N) is 1. The van der Waals surface area contributed by atoms with Crippen LogP contribution in [0.2, 0.25) is 0 Å². The largest absolute Gasteiger partial charge is 0.481 e. The second kappa shape index (κ2) is 5.41. The zero-order chi connectivity index (χ0) is 12.2. The van der Waals surface area contributed by atoms with Gasteiger partial charge >= 0.3 is 0 Å². The van der Waals surface area contributed by atoms with Crippen LogP contribution in [-0.4, -0.2) is 27.6 Å². The van der Waals surface area contributed by atoms with Gasteiger partial charge in [0.1, 0.15) is 0 Å². The molecule has 0 bridgehead atoms. The minimum Gasteiger partial charge on any atom is -0.481 e. The fourth-order valence-corrected chi connectivity index (χ4v) is 2.71. The fourth-order valence-electron chi connectivity index (χ4n) is 1.28. The van der Waals surface area contributed by atoms with E-state index in [2.05, 4.69) is 4.98 Å². The van der Waals surface area contributed by atoms with Crippen LogP contribution in [0.4, 0.5) is 0 Å². The molecule has 90 valence electrons. The number of aromatic nitrogens is 1. The maximum atomic E-state index is 11.8. The van der Waals surface area contributed by atoms with Crippen molar-refractivity contribution in [3.05, 3.63) is 23.9 Å². The molecule has 0 saturated carbocycles. The third kappa shape index (κ3) is 4.72. The highest BCUT2D eigenvalue weighted by Crippen LogP contribution is 2.10. The van der Waals surface area contributed by atoms with Crippen LogP contribution < -0.4 is 10.5 Å². The molecule has 4 nitrogen and oxygen atoms in total. The number of methoxy groups -OCH3 is 1. The molecule has 0 aliphatic carbocycles. The molecule has 5 heteroatoms. The number of ether oxygens (including phenoxy) is 1. The van der Waals surface area contributed by atoms with Gasteiger partial charge < -0.3 is 10.5 Å². The predicted octanol–water partition coefficient (Wildman–Crippen LogP) is 1.08. The summed E-state index contributed by atoms with van der Waals surface area (Å²) in [6.07, 6.45) is 0. The van der Waals surface area contributed by atoms with E-state index in [0.29, 0.717) is 17.4 Å². The smallest absolute Gasteiger partial charge is 0.213 e. The van der Waals surface area contributed by atoms with Gasteiger partial charge in [0, 0.05) is 28.2 Å². The van der Waals surface area contributed by atoms with Crippen LogP contribution in [0.15, 0.2) is 18.2 Å². The molecule has 0 aliphatic rings. The monoisotopic (exact) mass is 242 g/mol. The Morgan fingerprint density at radius 1 is 1.50 bits per heavy atom. The van der Waals surface area contributed by atoms with Gasteiger partial charge in [-0.25, -0.2) is 4.98 Å². The minimum absolute atomic E-state index is 0.413. The highest BCUT2D eigenvalue weighted by molar-refractivity contribution is 7.84. The Bertz CT molecular complexity index is 374. The molecule has 0 spiro atoms. The van der Waals surface area contributed by atoms with E-state index < -0.39 is 16.3 Å². The van der Waals surface area contributed by atoms with Crippen molar-refractivity contribution in [1.29, 1.82) is 0 Å². The van der Waals surface area contributed by atoms with Crippen LogP contribution in [0.5, 0.6) is 5.88 Å². The summed E-state index contributed by atoms with van der Waals surface area (Å²) in [6, 6.07) is 5.44. The first kappa shape index (κ1) is 13.1. The summed E-state index contributed by atoms with van der Waals surface area (Å²) in [5.74, 6) is 1.42. The van der Waals surface area contributed by atoms with Crippen molar-refractivity contribution in [2.75, 3.05) is 12.9 Å². The lowest BCUT2D eigenvalue weighted by atomic mass is 10.1. The van der Waals surface area contributed by atoms with Crippen LogP contribution in [0.1, 0.15) is 19.5 Å². The average molecular weight is 242 g/mol. The molecular formula is C11H18N2O2S. The molecular weight excluding hydrogens is 224 g/mol. The Balaban J connectivity index is 2.62. The van der Waals surface area contributed by atoms with Crippen LogP contribution in [0, 0.1) is 0 Å². The van der Waals surface area contributed by atoms with E-state index in [0.717, 1.165) is 5.69 Å². The zero-order valence-electron chi connectivity index (χ0n) is 9.90. The van der Waals surface area contributed by atoms with Crippen molar-refractivity contribution >= 4 is 10.8 Å². The van der Waals surface area contributed by atoms with Gasteiger partial charge in [0.2, 0.25) is 5.88 Å². The lowest BCUT2D eigenvalue weighted by molar-refractivity contribution is 0.397. The zero-order valence-corrected chi connectivity index (χ0v) is 10.7. The quantitative estimate of drug-likeness (QED) is 0.839. The van der Waals surface area contributed by atoms with E-state index in [-0.39, 0.29) is 0 Å². The molecule has 1 atom stereocenters. The maximum Gasteiger partial charge on any atom is 0.213 e. The van der Waals surface area contributed by atoms with Gasteiger partial charge in [-0.3, -0.25) is 4.21 Å². The molecule has 1 unspecified atom stereocenters. The van der Waals surface area contributed by atoms with Crippen molar-refractivity contribution < 1.29 is 8.95 Å². The van der Waals surface area contributed by atoms with Gasteiger partial charge in [-0.05, 0) is 19.9 Å². The van der Waals surface area contributed by atoms with Crippen molar-refractivity contribution in [3.63, 3.8) is 0 Å². The highest BCUT2D eigenvalue weighted by Gasteiger charge is 2.15. The topological polar surface area (TPSA) is 65.2 Å². The predicted molar refractivity (Wildman–Crippen MR) is 65.8 cm³/mol. The third-order valence-corrected chi connectivity index (χ3v) is 3.52. The molecule has 2 N–H and O–H groups in total. The molecule has 1 aromatic heterocycles. The molecule has 0 radical (unpaired) electrons. The lowest BCUT2D eigenvalue weighted by Gasteiger charge is -2.17. The summed E-state index contributed by atoms with van der Waals surface area (Å²) in [4.78, 5) is 4.21. The number of rotatable bonds is 5. The molecule has 0 saturated heterocycles. The fraction of sp³-hybridized carbons (Fsp3) is 0.545. The van der Waals surface area contributed by atoms with Gasteiger partial charge in [-0.1, -0.05) is 6.07 Å². The summed E-state index contributed by atoms with van der Waals surface area (Å²) >= 11 is 0. The Hall–Kier alpha value is -0.940. The van der Waals surface area contributed by atoms with E-state index in [9.17, 15) is 4.21 Å². The first-order valence-corrected chi connectivity index (χ1v) is 6.53. The SMILES string of the molecule is COc1cccc(CS(=O)CC(C)(C)N)n1. The first-order valence-electron chi connectivity index (χ1n) is 5.04. The molecule has 16 heavy (non-hydrogen) atoms. The highest BCUT2D eigenvalue weighted by atomic mass is 32.2. The van der Waals surface area contributed by atoms with Gasteiger partial charge in [-0.2, -0.15) is 0 Å². The molecule has 1 aromatic rings. The van der Waals surface area contributed by atoms with E-state index in [1.54, 1.807) is 13.2 Å². The standard InChI is InChI=1S/C11H18N2O2S/c1-11(2,12)8-16(14)7-9-5-4-6-10(13-9)15-3/h4-6H,7-8,12H2,1-3H3. The molecule has 0 aliphatic heterocycles.